The summed E-state index contributed by atoms with van der Waals surface area (Å²) in [6.07, 6.45) is 0. The first-order valence-corrected chi connectivity index (χ1v) is 12.0. The number of nitrogens with zero attached hydrogens (tertiary/aromatic N) is 1. The van der Waals surface area contributed by atoms with E-state index in [-0.39, 0.29) is 10.1 Å². The Hall–Kier alpha value is 0.354. The molecule has 0 aromatic rings. The van der Waals surface area contributed by atoms with Gasteiger partial charge in [0.05, 0.1) is 0 Å². The zero-order valence-electron chi connectivity index (χ0n) is 12.9. The highest BCUT2D eigenvalue weighted by Crippen LogP contribution is 2.46. The number of hydrogen-bond acceptors (Lipinski definition) is 2. The monoisotopic (exact) mass is 260 g/mol. The second kappa shape index (κ2) is 4.23. The van der Waals surface area contributed by atoms with Crippen LogP contribution in [0.4, 0.5) is 0 Å². The van der Waals surface area contributed by atoms with Gasteiger partial charge in [-0.2, -0.15) is 0 Å². The van der Waals surface area contributed by atoms with Crippen molar-refractivity contribution in [2.75, 3.05) is 0 Å². The van der Waals surface area contributed by atoms with Crippen molar-refractivity contribution >= 4 is 16.5 Å². The number of hydrogen-bond donors (Lipinski definition) is 0. The second-order valence-electron chi connectivity index (χ2n) is 7.91. The van der Waals surface area contributed by atoms with Gasteiger partial charge in [-0.3, -0.25) is 0 Å². The largest absolute Gasteiger partial charge is 0.798 e. The van der Waals surface area contributed by atoms with Crippen molar-refractivity contribution in [3.05, 3.63) is 5.21 Å². The molecule has 0 unspecified atom stereocenters. The Morgan fingerprint density at radius 1 is 0.688 bits per heavy atom. The molecule has 0 spiro atoms. The van der Waals surface area contributed by atoms with Gasteiger partial charge in [0.1, 0.15) is 16.5 Å². The van der Waals surface area contributed by atoms with Gasteiger partial charge in [-0.05, 0) is 10.1 Å². The molecule has 0 fully saturated rings. The zero-order chi connectivity index (χ0) is 13.6. The molecule has 0 bridgehead atoms. The van der Waals surface area contributed by atoms with Crippen molar-refractivity contribution in [2.45, 2.75) is 77.8 Å². The molecule has 0 atom stereocenters. The molecule has 0 saturated carbocycles. The van der Waals surface area contributed by atoms with Crippen LogP contribution >= 0.6 is 0 Å². The molecule has 0 aliphatic carbocycles. The van der Waals surface area contributed by atoms with Crippen LogP contribution < -0.4 is 0 Å². The van der Waals surface area contributed by atoms with Crippen molar-refractivity contribution in [1.29, 1.82) is 0 Å². The lowest BCUT2D eigenvalue weighted by Gasteiger charge is -2.61. The molecule has 0 radical (unpaired) electrons. The summed E-state index contributed by atoms with van der Waals surface area (Å²) in [6, 6.07) is 0. The van der Waals surface area contributed by atoms with E-state index in [4.69, 9.17) is 0 Å². The standard InChI is InChI=1S/C12H30NOSi2/c1-11(2,3)15(7,8)13(14)16(9,10)12(4,5)6/h1-10H3/q-1. The van der Waals surface area contributed by atoms with Gasteiger partial charge in [0.25, 0.3) is 0 Å². The van der Waals surface area contributed by atoms with Crippen molar-refractivity contribution in [2.24, 2.45) is 0 Å². The highest BCUT2D eigenvalue weighted by atomic mass is 28.4. The van der Waals surface area contributed by atoms with Crippen LogP contribution in [-0.4, -0.2) is 20.9 Å². The molecule has 0 saturated heterocycles. The van der Waals surface area contributed by atoms with E-state index in [1.165, 1.54) is 0 Å². The third-order valence-electron chi connectivity index (χ3n) is 4.69. The van der Waals surface area contributed by atoms with Gasteiger partial charge in [0.15, 0.2) is 0 Å². The molecule has 98 valence electrons. The van der Waals surface area contributed by atoms with E-state index >= 15 is 0 Å². The van der Waals surface area contributed by atoms with Gasteiger partial charge in [-0.15, -0.1) is 0 Å². The minimum absolute atomic E-state index is 0.129. The normalized spacial score (nSPS) is 15.8. The summed E-state index contributed by atoms with van der Waals surface area (Å²) >= 11 is 0. The number of rotatable bonds is 2. The predicted octanol–water partition coefficient (Wildman–Crippen LogP) is 4.80. The molecular formula is C12H30NOSi2-. The average molecular weight is 261 g/mol. The highest BCUT2D eigenvalue weighted by molar-refractivity contribution is 6.93. The minimum atomic E-state index is -1.91. The molecule has 0 aromatic carbocycles. The maximum Gasteiger partial charge on any atom is 0.108 e. The quantitative estimate of drug-likeness (QED) is 0.527. The van der Waals surface area contributed by atoms with Gasteiger partial charge < -0.3 is 9.60 Å². The third kappa shape index (κ3) is 2.78. The Morgan fingerprint density at radius 3 is 1.00 bits per heavy atom. The summed E-state index contributed by atoms with van der Waals surface area (Å²) in [5.41, 5.74) is 0. The summed E-state index contributed by atoms with van der Waals surface area (Å²) in [5, 5.41) is 13.1. The maximum atomic E-state index is 12.8. The zero-order valence-corrected chi connectivity index (χ0v) is 14.9. The smallest absolute Gasteiger partial charge is 0.108 e. The van der Waals surface area contributed by atoms with Gasteiger partial charge in [0, 0.05) is 0 Å². The topological polar surface area (TPSA) is 26.3 Å². The molecular weight excluding hydrogens is 230 g/mol. The van der Waals surface area contributed by atoms with Gasteiger partial charge in [-0.25, -0.2) is 0 Å². The Morgan fingerprint density at radius 2 is 0.875 bits per heavy atom. The highest BCUT2D eigenvalue weighted by Gasteiger charge is 2.46. The average Bonchev–Trinajstić information content (AvgIpc) is 1.98. The van der Waals surface area contributed by atoms with E-state index < -0.39 is 16.5 Å². The van der Waals surface area contributed by atoms with Gasteiger partial charge in [0.2, 0.25) is 0 Å². The van der Waals surface area contributed by atoms with E-state index in [0.29, 0.717) is 0 Å². The van der Waals surface area contributed by atoms with Crippen molar-refractivity contribution in [1.82, 2.24) is 4.39 Å². The van der Waals surface area contributed by atoms with E-state index in [1.54, 1.807) is 4.39 Å². The van der Waals surface area contributed by atoms with Crippen LogP contribution in [0, 0.1) is 5.21 Å². The second-order valence-corrected chi connectivity index (χ2v) is 18.4. The molecule has 0 aromatic heterocycles. The molecule has 0 heterocycles. The third-order valence-corrected chi connectivity index (χ3v) is 17.4. The first-order valence-electron chi connectivity index (χ1n) is 6.13. The summed E-state index contributed by atoms with van der Waals surface area (Å²) in [4.78, 5) is 0. The summed E-state index contributed by atoms with van der Waals surface area (Å²) in [7, 11) is -3.83. The van der Waals surface area contributed by atoms with E-state index in [2.05, 4.69) is 67.7 Å². The molecule has 0 rings (SSSR count). The van der Waals surface area contributed by atoms with Crippen LogP contribution in [0.5, 0.6) is 0 Å². The van der Waals surface area contributed by atoms with E-state index in [9.17, 15) is 5.21 Å². The Bertz CT molecular complexity index is 223. The van der Waals surface area contributed by atoms with E-state index in [0.717, 1.165) is 0 Å². The van der Waals surface area contributed by atoms with Crippen LogP contribution in [0.2, 0.25) is 36.3 Å². The fourth-order valence-corrected chi connectivity index (χ4v) is 10.1. The molecule has 0 aliphatic heterocycles. The Balaban J connectivity index is 5.30. The van der Waals surface area contributed by atoms with Crippen LogP contribution in [0.1, 0.15) is 41.5 Å². The van der Waals surface area contributed by atoms with Gasteiger partial charge >= 0.3 is 0 Å². The van der Waals surface area contributed by atoms with Crippen LogP contribution in [0.15, 0.2) is 0 Å². The maximum absolute atomic E-state index is 12.8. The Labute approximate surface area is 104 Å². The minimum Gasteiger partial charge on any atom is -0.798 e. The SMILES string of the molecule is CC(C)(C)[Si](C)(C)N([O-])[Si](C)(C)C(C)(C)C. The summed E-state index contributed by atoms with van der Waals surface area (Å²) < 4.78 is 1.57. The molecule has 0 amide bonds. The first kappa shape index (κ1) is 16.4. The van der Waals surface area contributed by atoms with Crippen molar-refractivity contribution < 1.29 is 0 Å². The van der Waals surface area contributed by atoms with Gasteiger partial charge in [-0.1, -0.05) is 67.7 Å². The van der Waals surface area contributed by atoms with Crippen LogP contribution in [0.25, 0.3) is 0 Å². The first-order chi connectivity index (χ1) is 6.65. The molecule has 0 N–H and O–H groups in total. The lowest BCUT2D eigenvalue weighted by Crippen LogP contribution is -2.65. The van der Waals surface area contributed by atoms with Crippen molar-refractivity contribution in [3.63, 3.8) is 0 Å². The predicted molar refractivity (Wildman–Crippen MR) is 79.6 cm³/mol. The van der Waals surface area contributed by atoms with E-state index in [1.807, 2.05) is 0 Å². The molecule has 2 nitrogen and oxygen atoms in total. The summed E-state index contributed by atoms with van der Waals surface area (Å²) in [5.74, 6) is 0. The Kier molecular flexibility index (Phi) is 4.32. The molecule has 4 heteroatoms. The summed E-state index contributed by atoms with van der Waals surface area (Å²) in [6.45, 7) is 22.1. The lowest BCUT2D eigenvalue weighted by molar-refractivity contribution is 0.600. The fraction of sp³-hybridized carbons (Fsp3) is 1.00. The molecule has 16 heavy (non-hydrogen) atoms. The van der Waals surface area contributed by atoms with Crippen LogP contribution in [0.3, 0.4) is 0 Å². The van der Waals surface area contributed by atoms with Crippen LogP contribution in [-0.2, 0) is 0 Å². The van der Waals surface area contributed by atoms with Crippen molar-refractivity contribution in [3.8, 4) is 0 Å². The molecule has 0 aliphatic rings. The fourth-order valence-electron chi connectivity index (χ4n) is 1.31. The lowest BCUT2D eigenvalue weighted by atomic mass is 10.2.